The smallest absolute Gasteiger partial charge is 0.227 e. The number of rotatable bonds is 5. The van der Waals surface area contributed by atoms with E-state index in [9.17, 15) is 0 Å². The Morgan fingerprint density at radius 1 is 0.500 bits per heavy atom. The third-order valence-electron chi connectivity index (χ3n) is 4.91. The van der Waals surface area contributed by atoms with Crippen molar-refractivity contribution in [3.05, 3.63) is 121 Å². The number of hydrogen-bond acceptors (Lipinski definition) is 2. The van der Waals surface area contributed by atoms with Crippen LogP contribution in [0.4, 0.5) is 0 Å². The first-order valence-electron chi connectivity index (χ1n) is 9.92. The highest BCUT2D eigenvalue weighted by Crippen LogP contribution is 2.38. The fourth-order valence-corrected chi connectivity index (χ4v) is 5.79. The van der Waals surface area contributed by atoms with Gasteiger partial charge < -0.3 is 4.42 Å². The van der Waals surface area contributed by atoms with Gasteiger partial charge in [-0.25, -0.2) is 4.98 Å². The topological polar surface area (TPSA) is 26.0 Å². The molecule has 3 heteroatoms. The predicted molar refractivity (Wildman–Crippen MR) is 126 cm³/mol. The number of nitrogens with zero attached hydrogens (tertiary/aromatic N) is 1. The van der Waals surface area contributed by atoms with Crippen LogP contribution in [0.5, 0.6) is 0 Å². The van der Waals surface area contributed by atoms with Gasteiger partial charge in [0.2, 0.25) is 5.89 Å². The molecule has 30 heavy (non-hydrogen) atoms. The maximum absolute atomic E-state index is 6.42. The molecule has 0 bridgehead atoms. The quantitative estimate of drug-likeness (QED) is 0.347. The highest BCUT2D eigenvalue weighted by molar-refractivity contribution is 7.79. The molecule has 4 aromatic carbocycles. The van der Waals surface area contributed by atoms with Crippen LogP contribution < -0.4 is 16.0 Å². The Morgan fingerprint density at radius 3 is 1.43 bits per heavy atom. The minimum atomic E-state index is -0.865. The summed E-state index contributed by atoms with van der Waals surface area (Å²) in [7, 11) is -0.865. The standard InChI is InChI=1S/C27H20NOP/c1-5-13-21(14-6-1)25-27(28-26(29-25)22-15-7-2-8-16-22)30(23-17-9-3-10-18-23)24-19-11-4-12-20-24/h1-20H. The van der Waals surface area contributed by atoms with Gasteiger partial charge in [-0.15, -0.1) is 0 Å². The van der Waals surface area contributed by atoms with Crippen LogP contribution in [0.2, 0.25) is 0 Å². The molecule has 1 aromatic heterocycles. The molecule has 144 valence electrons. The largest absolute Gasteiger partial charge is 0.435 e. The van der Waals surface area contributed by atoms with E-state index in [-0.39, 0.29) is 0 Å². The second-order valence-corrected chi connectivity index (χ2v) is 9.04. The Morgan fingerprint density at radius 2 is 0.933 bits per heavy atom. The van der Waals surface area contributed by atoms with Crippen molar-refractivity contribution in [3.8, 4) is 22.8 Å². The number of benzene rings is 4. The number of hydrogen-bond donors (Lipinski definition) is 0. The van der Waals surface area contributed by atoms with E-state index in [0.717, 1.165) is 22.3 Å². The first-order chi connectivity index (χ1) is 14.9. The molecule has 0 spiro atoms. The van der Waals surface area contributed by atoms with Gasteiger partial charge in [0, 0.05) is 19.0 Å². The van der Waals surface area contributed by atoms with Gasteiger partial charge in [-0.05, 0) is 22.7 Å². The molecule has 0 atom stereocenters. The summed E-state index contributed by atoms with van der Waals surface area (Å²) in [6, 6.07) is 41.6. The van der Waals surface area contributed by atoms with Gasteiger partial charge >= 0.3 is 0 Å². The van der Waals surface area contributed by atoms with Gasteiger partial charge in [-0.3, -0.25) is 0 Å². The molecular weight excluding hydrogens is 385 g/mol. The van der Waals surface area contributed by atoms with Crippen molar-refractivity contribution in [2.24, 2.45) is 0 Å². The van der Waals surface area contributed by atoms with Crippen LogP contribution in [-0.4, -0.2) is 4.98 Å². The Labute approximate surface area is 177 Å². The van der Waals surface area contributed by atoms with Gasteiger partial charge in [0.05, 0.1) is 0 Å². The van der Waals surface area contributed by atoms with E-state index in [4.69, 9.17) is 9.40 Å². The molecule has 0 aliphatic rings. The van der Waals surface area contributed by atoms with Gasteiger partial charge in [-0.2, -0.15) is 0 Å². The summed E-state index contributed by atoms with van der Waals surface area (Å²) in [5.74, 6) is 1.50. The zero-order valence-corrected chi connectivity index (χ0v) is 17.2. The van der Waals surface area contributed by atoms with Crippen molar-refractivity contribution in [2.75, 3.05) is 0 Å². The SMILES string of the molecule is c1ccc(-c2nc(P(c3ccccc3)c3ccccc3)c(-c3ccccc3)o2)cc1. The van der Waals surface area contributed by atoms with Crippen molar-refractivity contribution >= 4 is 24.0 Å². The molecule has 5 aromatic rings. The molecule has 0 saturated heterocycles. The van der Waals surface area contributed by atoms with Gasteiger partial charge in [-0.1, -0.05) is 109 Å². The normalized spacial score (nSPS) is 11.0. The molecule has 0 radical (unpaired) electrons. The molecule has 0 saturated carbocycles. The molecule has 1 heterocycles. The van der Waals surface area contributed by atoms with Crippen LogP contribution in [0.3, 0.4) is 0 Å². The Kier molecular flexibility index (Phi) is 5.25. The van der Waals surface area contributed by atoms with Gasteiger partial charge in [0.25, 0.3) is 0 Å². The van der Waals surface area contributed by atoms with E-state index in [0.29, 0.717) is 5.89 Å². The van der Waals surface area contributed by atoms with Crippen LogP contribution in [0, 0.1) is 0 Å². The highest BCUT2D eigenvalue weighted by atomic mass is 31.1. The average molecular weight is 405 g/mol. The van der Waals surface area contributed by atoms with E-state index in [1.165, 1.54) is 10.6 Å². The lowest BCUT2D eigenvalue weighted by atomic mass is 10.2. The minimum Gasteiger partial charge on any atom is -0.435 e. The lowest BCUT2D eigenvalue weighted by molar-refractivity contribution is 0.589. The van der Waals surface area contributed by atoms with Crippen LogP contribution in [0.1, 0.15) is 0 Å². The Balaban J connectivity index is 1.75. The van der Waals surface area contributed by atoms with Gasteiger partial charge in [0.1, 0.15) is 5.44 Å². The molecule has 0 amide bonds. The van der Waals surface area contributed by atoms with Crippen LogP contribution >= 0.6 is 7.92 Å². The second kappa shape index (κ2) is 8.49. The summed E-state index contributed by atoms with van der Waals surface area (Å²) in [5, 5.41) is 2.51. The number of aromatic nitrogens is 1. The van der Waals surface area contributed by atoms with Crippen molar-refractivity contribution in [1.82, 2.24) is 4.98 Å². The maximum Gasteiger partial charge on any atom is 0.227 e. The zero-order chi connectivity index (χ0) is 20.2. The second-order valence-electron chi connectivity index (χ2n) is 6.91. The summed E-state index contributed by atoms with van der Waals surface area (Å²) in [5.41, 5.74) is 3.02. The highest BCUT2D eigenvalue weighted by Gasteiger charge is 2.26. The number of oxazole rings is 1. The molecule has 0 aliphatic carbocycles. The van der Waals surface area contributed by atoms with Crippen molar-refractivity contribution in [2.45, 2.75) is 0 Å². The molecule has 2 nitrogen and oxygen atoms in total. The molecule has 0 N–H and O–H groups in total. The van der Waals surface area contributed by atoms with E-state index in [2.05, 4.69) is 72.8 Å². The molecule has 0 unspecified atom stereocenters. The van der Waals surface area contributed by atoms with Crippen LogP contribution in [0.15, 0.2) is 126 Å². The maximum atomic E-state index is 6.42. The van der Waals surface area contributed by atoms with E-state index >= 15 is 0 Å². The van der Waals surface area contributed by atoms with Crippen molar-refractivity contribution in [3.63, 3.8) is 0 Å². The first kappa shape index (κ1) is 18.5. The van der Waals surface area contributed by atoms with Crippen molar-refractivity contribution < 1.29 is 4.42 Å². The first-order valence-corrected chi connectivity index (χ1v) is 11.3. The lowest BCUT2D eigenvalue weighted by Gasteiger charge is -2.17. The minimum absolute atomic E-state index is 0.656. The summed E-state index contributed by atoms with van der Waals surface area (Å²) >= 11 is 0. The molecular formula is C27H20NOP. The third-order valence-corrected chi connectivity index (χ3v) is 7.26. The monoisotopic (exact) mass is 405 g/mol. The summed E-state index contributed by atoms with van der Waals surface area (Å²) in [4.78, 5) is 5.07. The van der Waals surface area contributed by atoms with E-state index in [1.54, 1.807) is 0 Å². The van der Waals surface area contributed by atoms with Crippen LogP contribution in [0.25, 0.3) is 22.8 Å². The Bertz CT molecular complexity index is 1180. The summed E-state index contributed by atoms with van der Waals surface area (Å²) in [6.45, 7) is 0. The fourth-order valence-electron chi connectivity index (χ4n) is 3.49. The van der Waals surface area contributed by atoms with Crippen molar-refractivity contribution in [1.29, 1.82) is 0 Å². The van der Waals surface area contributed by atoms with E-state index < -0.39 is 7.92 Å². The lowest BCUT2D eigenvalue weighted by Crippen LogP contribution is -2.22. The zero-order valence-electron chi connectivity index (χ0n) is 16.3. The fraction of sp³-hybridized carbons (Fsp3) is 0. The summed E-state index contributed by atoms with van der Waals surface area (Å²) < 4.78 is 6.42. The predicted octanol–water partition coefficient (Wildman–Crippen LogP) is 5.77. The van der Waals surface area contributed by atoms with Crippen LogP contribution in [-0.2, 0) is 0 Å². The molecule has 0 fully saturated rings. The molecule has 5 rings (SSSR count). The molecule has 0 aliphatic heterocycles. The third kappa shape index (κ3) is 3.70. The van der Waals surface area contributed by atoms with Gasteiger partial charge in [0.15, 0.2) is 5.76 Å². The summed E-state index contributed by atoms with van der Waals surface area (Å²) in [6.07, 6.45) is 0. The van der Waals surface area contributed by atoms with E-state index in [1.807, 2.05) is 48.5 Å². The Hall–Kier alpha value is -3.48. The average Bonchev–Trinajstić information content (AvgIpc) is 3.27.